The smallest absolute Gasteiger partial charge is 0.000967 e. The zero-order valence-corrected chi connectivity index (χ0v) is 17.1. The molecule has 0 spiro atoms. The largest absolute Gasteiger partial charge is 0.102 e. The van der Waals surface area contributed by atoms with Crippen LogP contribution in [0.3, 0.4) is 0 Å². The summed E-state index contributed by atoms with van der Waals surface area (Å²) >= 11 is 0. The van der Waals surface area contributed by atoms with E-state index in [4.69, 9.17) is 0 Å². The van der Waals surface area contributed by atoms with Gasteiger partial charge in [-0.2, -0.15) is 0 Å². The third kappa shape index (κ3) is 11.8. The minimum atomic E-state index is 0.476. The van der Waals surface area contributed by atoms with Crippen molar-refractivity contribution >= 4 is 0 Å². The van der Waals surface area contributed by atoms with E-state index in [1.165, 1.54) is 36.8 Å². The molecule has 2 atom stereocenters. The highest BCUT2D eigenvalue weighted by Gasteiger charge is 2.20. The maximum Gasteiger partial charge on any atom is 0.000967 e. The lowest BCUT2D eigenvalue weighted by Gasteiger charge is -2.27. The fourth-order valence-electron chi connectivity index (χ4n) is 2.44. The maximum absolute atomic E-state index is 4.39. The van der Waals surface area contributed by atoms with Crippen molar-refractivity contribution < 1.29 is 0 Å². The fourth-order valence-corrected chi connectivity index (χ4v) is 2.44. The van der Waals surface area contributed by atoms with Crippen molar-refractivity contribution in [3.63, 3.8) is 0 Å². The summed E-state index contributed by atoms with van der Waals surface area (Å²) in [6, 6.07) is 0. The van der Waals surface area contributed by atoms with Crippen LogP contribution in [0.15, 0.2) is 36.5 Å². The fraction of sp³-hybridized carbons (Fsp3) is 0.727. The first kappa shape index (κ1) is 26.1. The molecule has 0 aliphatic heterocycles. The van der Waals surface area contributed by atoms with Gasteiger partial charge in [-0.1, -0.05) is 91.2 Å². The second-order valence-electron chi connectivity index (χ2n) is 5.77. The molecule has 22 heavy (non-hydrogen) atoms. The summed E-state index contributed by atoms with van der Waals surface area (Å²) in [5.41, 5.74) is 2.82. The van der Waals surface area contributed by atoms with Crippen molar-refractivity contribution in [2.45, 2.75) is 88.0 Å². The van der Waals surface area contributed by atoms with Crippen LogP contribution in [0.1, 0.15) is 88.0 Å². The summed E-state index contributed by atoms with van der Waals surface area (Å²) in [5.74, 6) is 1.71. The number of hydrogen-bond donors (Lipinski definition) is 0. The number of unbranched alkanes of at least 4 members (excludes halogenated alkanes) is 1. The van der Waals surface area contributed by atoms with Crippen LogP contribution in [-0.4, -0.2) is 0 Å². The molecular formula is C22H44. The van der Waals surface area contributed by atoms with Gasteiger partial charge in [-0.3, -0.25) is 0 Å². The van der Waals surface area contributed by atoms with Gasteiger partial charge in [-0.25, -0.2) is 0 Å². The number of allylic oxidation sites excluding steroid dienone is 4. The van der Waals surface area contributed by atoms with Crippen molar-refractivity contribution in [3.8, 4) is 0 Å². The van der Waals surface area contributed by atoms with Gasteiger partial charge in [-0.05, 0) is 38.5 Å². The molecule has 0 aromatic heterocycles. The molecule has 0 rings (SSSR count). The predicted octanol–water partition coefficient (Wildman–Crippen LogP) is 8.22. The van der Waals surface area contributed by atoms with Gasteiger partial charge in [0.1, 0.15) is 0 Å². The summed E-state index contributed by atoms with van der Waals surface area (Å²) in [6.45, 7) is 27.6. The van der Waals surface area contributed by atoms with Crippen molar-refractivity contribution in [3.05, 3.63) is 36.5 Å². The standard InChI is InChI=1S/C18H32.2C2H6/c1-8-11-12-17(10-3)16(7)18(13-14(4)5)15(6)9-2;2*1-2/h9-10,14,17-18H,3,7-8,11-13H2,1-2,4-6H3;2*1-2H3/b15-9-;;. The Morgan fingerprint density at radius 1 is 1.09 bits per heavy atom. The summed E-state index contributed by atoms with van der Waals surface area (Å²) in [4.78, 5) is 0. The van der Waals surface area contributed by atoms with E-state index in [-0.39, 0.29) is 0 Å². The highest BCUT2D eigenvalue weighted by Crippen LogP contribution is 2.33. The van der Waals surface area contributed by atoms with Crippen LogP contribution in [0, 0.1) is 17.8 Å². The van der Waals surface area contributed by atoms with E-state index < -0.39 is 0 Å². The predicted molar refractivity (Wildman–Crippen MR) is 107 cm³/mol. The van der Waals surface area contributed by atoms with E-state index in [9.17, 15) is 0 Å². The Morgan fingerprint density at radius 3 is 1.91 bits per heavy atom. The molecule has 0 N–H and O–H groups in total. The quantitative estimate of drug-likeness (QED) is 0.376. The van der Waals surface area contributed by atoms with Gasteiger partial charge >= 0.3 is 0 Å². The lowest BCUT2D eigenvalue weighted by Crippen LogP contribution is -2.15. The van der Waals surface area contributed by atoms with Crippen LogP contribution >= 0.6 is 0 Å². The van der Waals surface area contributed by atoms with E-state index in [0.717, 1.165) is 0 Å². The molecule has 0 heteroatoms. The van der Waals surface area contributed by atoms with Crippen molar-refractivity contribution in [2.24, 2.45) is 17.8 Å². The normalized spacial score (nSPS) is 13.3. The first-order chi connectivity index (χ1) is 10.5. The van der Waals surface area contributed by atoms with Gasteiger partial charge < -0.3 is 0 Å². The van der Waals surface area contributed by atoms with Crippen molar-refractivity contribution in [1.29, 1.82) is 0 Å². The second-order valence-corrected chi connectivity index (χ2v) is 5.77. The zero-order chi connectivity index (χ0) is 18.1. The molecule has 0 aliphatic rings. The van der Waals surface area contributed by atoms with E-state index in [1.54, 1.807) is 0 Å². The topological polar surface area (TPSA) is 0 Å². The molecule has 0 radical (unpaired) electrons. The molecule has 0 saturated heterocycles. The molecule has 0 fully saturated rings. The lowest BCUT2D eigenvalue weighted by atomic mass is 9.78. The Bertz CT molecular complexity index is 280. The third-order valence-electron chi connectivity index (χ3n) is 3.79. The van der Waals surface area contributed by atoms with Gasteiger partial charge in [0.25, 0.3) is 0 Å². The molecule has 0 bridgehead atoms. The lowest BCUT2D eigenvalue weighted by molar-refractivity contribution is 0.464. The summed E-state index contributed by atoms with van der Waals surface area (Å²) in [6.07, 6.45) is 9.23. The SMILES string of the molecule is C=CC(CCCC)C(=C)C(CC(C)C)/C(C)=C\C.CC.CC. The minimum absolute atomic E-state index is 0.476. The van der Waals surface area contributed by atoms with E-state index >= 15 is 0 Å². The van der Waals surface area contributed by atoms with Crippen LogP contribution in [0.2, 0.25) is 0 Å². The van der Waals surface area contributed by atoms with Crippen LogP contribution in [-0.2, 0) is 0 Å². The highest BCUT2D eigenvalue weighted by atomic mass is 14.3. The first-order valence-electron chi connectivity index (χ1n) is 9.41. The zero-order valence-electron chi connectivity index (χ0n) is 17.1. The average Bonchev–Trinajstić information content (AvgIpc) is 2.55. The monoisotopic (exact) mass is 308 g/mol. The first-order valence-corrected chi connectivity index (χ1v) is 9.41. The van der Waals surface area contributed by atoms with E-state index in [2.05, 4.69) is 59.9 Å². The molecule has 0 heterocycles. The molecule has 132 valence electrons. The van der Waals surface area contributed by atoms with Gasteiger partial charge in [-0.15, -0.1) is 6.58 Å². The Kier molecular flexibility index (Phi) is 21.7. The molecule has 0 amide bonds. The molecule has 0 aromatic rings. The van der Waals surface area contributed by atoms with E-state index in [0.29, 0.717) is 17.8 Å². The molecule has 0 saturated carbocycles. The highest BCUT2D eigenvalue weighted by molar-refractivity contribution is 5.22. The minimum Gasteiger partial charge on any atom is -0.102 e. The summed E-state index contributed by atoms with van der Waals surface area (Å²) in [5, 5.41) is 0. The molecule has 0 aromatic carbocycles. The van der Waals surface area contributed by atoms with Crippen LogP contribution in [0.5, 0.6) is 0 Å². The number of hydrogen-bond acceptors (Lipinski definition) is 0. The molecule has 0 nitrogen and oxygen atoms in total. The second kappa shape index (κ2) is 18.3. The summed E-state index contributed by atoms with van der Waals surface area (Å²) < 4.78 is 0. The van der Waals surface area contributed by atoms with Crippen LogP contribution in [0.4, 0.5) is 0 Å². The summed E-state index contributed by atoms with van der Waals surface area (Å²) in [7, 11) is 0. The van der Waals surface area contributed by atoms with Crippen molar-refractivity contribution in [2.75, 3.05) is 0 Å². The molecule has 2 unspecified atom stereocenters. The van der Waals surface area contributed by atoms with Crippen LogP contribution < -0.4 is 0 Å². The average molecular weight is 309 g/mol. The van der Waals surface area contributed by atoms with Crippen molar-refractivity contribution in [1.82, 2.24) is 0 Å². The third-order valence-corrected chi connectivity index (χ3v) is 3.79. The van der Waals surface area contributed by atoms with Crippen LogP contribution in [0.25, 0.3) is 0 Å². The van der Waals surface area contributed by atoms with Gasteiger partial charge in [0, 0.05) is 5.92 Å². The Hall–Kier alpha value is -0.780. The Morgan fingerprint density at radius 2 is 1.59 bits per heavy atom. The Labute approximate surface area is 142 Å². The maximum atomic E-state index is 4.39. The van der Waals surface area contributed by atoms with Gasteiger partial charge in [0.15, 0.2) is 0 Å². The van der Waals surface area contributed by atoms with Gasteiger partial charge in [0.2, 0.25) is 0 Å². The van der Waals surface area contributed by atoms with Gasteiger partial charge in [0.05, 0.1) is 0 Å². The number of rotatable bonds is 9. The van der Waals surface area contributed by atoms with E-state index in [1.807, 2.05) is 27.7 Å². The Balaban J connectivity index is -0.000000826. The molecular weight excluding hydrogens is 264 g/mol. The molecule has 0 aliphatic carbocycles.